The summed E-state index contributed by atoms with van der Waals surface area (Å²) in [6.07, 6.45) is 6.42. The van der Waals surface area contributed by atoms with E-state index in [-0.39, 0.29) is 22.9 Å². The van der Waals surface area contributed by atoms with Crippen LogP contribution in [0.2, 0.25) is 5.02 Å². The van der Waals surface area contributed by atoms with Crippen molar-refractivity contribution in [2.24, 2.45) is 0 Å². The van der Waals surface area contributed by atoms with E-state index >= 15 is 0 Å². The zero-order valence-electron chi connectivity index (χ0n) is 13.0. The number of carbonyl (C=O) groups excluding carboxylic acids is 1. The van der Waals surface area contributed by atoms with E-state index in [4.69, 9.17) is 11.6 Å². The molecule has 0 radical (unpaired) electrons. The molecule has 4 rings (SSSR count). The standard InChI is InChI=1S/C16H14ClFN6O/c17-9-6-11-12(7-10(9)18)22-16(21-11)23-15(25)13-2-1-5-24(13)14-8-19-3-4-20-14/h3-4,6-8,13H,1-2,5H2,(H2,21,22,23,25). The summed E-state index contributed by atoms with van der Waals surface area (Å²) in [5.41, 5.74) is 0.952. The average Bonchev–Trinajstić information content (AvgIpc) is 3.23. The van der Waals surface area contributed by atoms with Crippen LogP contribution in [0.1, 0.15) is 12.8 Å². The van der Waals surface area contributed by atoms with Gasteiger partial charge in [-0.25, -0.2) is 14.4 Å². The quantitative estimate of drug-likeness (QED) is 0.750. The Hall–Kier alpha value is -2.74. The maximum Gasteiger partial charge on any atom is 0.249 e. The molecule has 1 aromatic carbocycles. The predicted molar refractivity (Wildman–Crippen MR) is 92.1 cm³/mol. The fourth-order valence-corrected chi connectivity index (χ4v) is 3.18. The van der Waals surface area contributed by atoms with Crippen LogP contribution in [0, 0.1) is 5.82 Å². The van der Waals surface area contributed by atoms with Crippen molar-refractivity contribution in [2.45, 2.75) is 18.9 Å². The number of nitrogens with one attached hydrogen (secondary N) is 2. The zero-order valence-corrected chi connectivity index (χ0v) is 13.8. The Balaban J connectivity index is 1.55. The highest BCUT2D eigenvalue weighted by atomic mass is 35.5. The number of halogens is 2. The molecule has 1 aliphatic rings. The van der Waals surface area contributed by atoms with Gasteiger partial charge in [0.25, 0.3) is 0 Å². The molecular formula is C16H14ClFN6O. The number of nitrogens with zero attached hydrogens (tertiary/aromatic N) is 4. The Morgan fingerprint density at radius 1 is 1.40 bits per heavy atom. The molecule has 1 saturated heterocycles. The van der Waals surface area contributed by atoms with Gasteiger partial charge in [0.05, 0.1) is 22.3 Å². The minimum Gasteiger partial charge on any atom is -0.343 e. The van der Waals surface area contributed by atoms with Gasteiger partial charge < -0.3 is 9.88 Å². The fourth-order valence-electron chi connectivity index (χ4n) is 3.02. The van der Waals surface area contributed by atoms with Gasteiger partial charge in [-0.1, -0.05) is 11.6 Å². The Morgan fingerprint density at radius 3 is 3.08 bits per heavy atom. The maximum atomic E-state index is 13.5. The second-order valence-electron chi connectivity index (χ2n) is 5.77. The molecule has 9 heteroatoms. The predicted octanol–water partition coefficient (Wildman–Crippen LogP) is 2.75. The van der Waals surface area contributed by atoms with Crippen molar-refractivity contribution in [1.29, 1.82) is 0 Å². The number of hydrogen-bond acceptors (Lipinski definition) is 5. The monoisotopic (exact) mass is 360 g/mol. The van der Waals surface area contributed by atoms with Crippen molar-refractivity contribution in [3.05, 3.63) is 41.6 Å². The summed E-state index contributed by atoms with van der Waals surface area (Å²) < 4.78 is 13.5. The number of anilines is 2. The molecule has 0 saturated carbocycles. The first-order chi connectivity index (χ1) is 12.1. The van der Waals surface area contributed by atoms with E-state index in [1.54, 1.807) is 18.6 Å². The van der Waals surface area contributed by atoms with Gasteiger partial charge >= 0.3 is 0 Å². The molecule has 2 aromatic heterocycles. The Kier molecular flexibility index (Phi) is 3.96. The third-order valence-electron chi connectivity index (χ3n) is 4.16. The van der Waals surface area contributed by atoms with E-state index < -0.39 is 5.82 Å². The lowest BCUT2D eigenvalue weighted by atomic mass is 10.2. The lowest BCUT2D eigenvalue weighted by molar-refractivity contribution is -0.117. The summed E-state index contributed by atoms with van der Waals surface area (Å²) in [7, 11) is 0. The molecule has 3 aromatic rings. The van der Waals surface area contributed by atoms with Crippen molar-refractivity contribution < 1.29 is 9.18 Å². The van der Waals surface area contributed by atoms with E-state index in [0.29, 0.717) is 23.3 Å². The molecule has 0 spiro atoms. The topological polar surface area (TPSA) is 86.8 Å². The molecule has 1 amide bonds. The lowest BCUT2D eigenvalue weighted by Crippen LogP contribution is -2.40. The summed E-state index contributed by atoms with van der Waals surface area (Å²) in [6, 6.07) is 2.31. The summed E-state index contributed by atoms with van der Waals surface area (Å²) in [5, 5.41) is 2.74. The van der Waals surface area contributed by atoms with Crippen LogP contribution in [-0.4, -0.2) is 38.4 Å². The number of benzene rings is 1. The van der Waals surface area contributed by atoms with Crippen LogP contribution in [0.4, 0.5) is 16.2 Å². The highest BCUT2D eigenvalue weighted by Gasteiger charge is 2.32. The number of amides is 1. The second kappa shape index (κ2) is 6.29. The number of fused-ring (bicyclic) bond motifs is 1. The average molecular weight is 361 g/mol. The number of imidazole rings is 1. The molecule has 1 fully saturated rings. The van der Waals surface area contributed by atoms with E-state index in [0.717, 1.165) is 13.0 Å². The van der Waals surface area contributed by atoms with Gasteiger partial charge in [-0.2, -0.15) is 0 Å². The Bertz CT molecular complexity index is 892. The van der Waals surface area contributed by atoms with E-state index in [2.05, 4.69) is 25.3 Å². The molecule has 25 heavy (non-hydrogen) atoms. The van der Waals surface area contributed by atoms with Crippen molar-refractivity contribution in [3.63, 3.8) is 0 Å². The highest BCUT2D eigenvalue weighted by molar-refractivity contribution is 6.31. The largest absolute Gasteiger partial charge is 0.343 e. The first-order valence-electron chi connectivity index (χ1n) is 7.80. The van der Waals surface area contributed by atoms with Gasteiger partial charge in [-0.3, -0.25) is 15.1 Å². The van der Waals surface area contributed by atoms with Crippen LogP contribution < -0.4 is 10.2 Å². The number of hydrogen-bond donors (Lipinski definition) is 2. The first kappa shape index (κ1) is 15.8. The molecule has 0 bridgehead atoms. The third-order valence-corrected chi connectivity index (χ3v) is 4.45. The third kappa shape index (κ3) is 3.00. The molecule has 7 nitrogen and oxygen atoms in total. The van der Waals surface area contributed by atoms with E-state index in [9.17, 15) is 9.18 Å². The number of aromatic amines is 1. The van der Waals surface area contributed by atoms with Gasteiger partial charge in [0.1, 0.15) is 17.7 Å². The van der Waals surface area contributed by atoms with Gasteiger partial charge in [-0.05, 0) is 18.9 Å². The second-order valence-corrected chi connectivity index (χ2v) is 6.18. The fraction of sp³-hybridized carbons (Fsp3) is 0.250. The Labute approximate surface area is 147 Å². The summed E-state index contributed by atoms with van der Waals surface area (Å²) >= 11 is 5.76. The maximum absolute atomic E-state index is 13.5. The van der Waals surface area contributed by atoms with Gasteiger partial charge in [0, 0.05) is 25.0 Å². The molecule has 0 aliphatic carbocycles. The van der Waals surface area contributed by atoms with Crippen LogP contribution >= 0.6 is 11.6 Å². The van der Waals surface area contributed by atoms with Crippen molar-refractivity contribution in [1.82, 2.24) is 19.9 Å². The molecule has 2 N–H and O–H groups in total. The summed E-state index contributed by atoms with van der Waals surface area (Å²) in [5.74, 6) is 0.181. The molecule has 1 aliphatic heterocycles. The minimum absolute atomic E-state index is 0.0125. The number of H-pyrrole nitrogens is 1. The summed E-state index contributed by atoms with van der Waals surface area (Å²) in [6.45, 7) is 0.734. The van der Waals surface area contributed by atoms with Crippen LogP contribution in [0.15, 0.2) is 30.7 Å². The van der Waals surface area contributed by atoms with E-state index in [1.807, 2.05) is 4.90 Å². The number of rotatable bonds is 3. The molecule has 128 valence electrons. The van der Waals surface area contributed by atoms with Gasteiger partial charge in [0.15, 0.2) is 0 Å². The van der Waals surface area contributed by atoms with Crippen molar-refractivity contribution in [3.8, 4) is 0 Å². The van der Waals surface area contributed by atoms with Crippen LogP contribution in [0.3, 0.4) is 0 Å². The molecule has 1 unspecified atom stereocenters. The van der Waals surface area contributed by atoms with Crippen molar-refractivity contribution >= 4 is 40.3 Å². The van der Waals surface area contributed by atoms with E-state index in [1.165, 1.54) is 12.1 Å². The lowest BCUT2D eigenvalue weighted by Gasteiger charge is -2.23. The molecular weight excluding hydrogens is 347 g/mol. The minimum atomic E-state index is -0.541. The molecule has 1 atom stereocenters. The van der Waals surface area contributed by atoms with Crippen LogP contribution in [0.25, 0.3) is 11.0 Å². The number of carbonyl (C=O) groups is 1. The first-order valence-corrected chi connectivity index (χ1v) is 8.18. The van der Waals surface area contributed by atoms with Crippen LogP contribution in [0.5, 0.6) is 0 Å². The highest BCUT2D eigenvalue weighted by Crippen LogP contribution is 2.25. The SMILES string of the molecule is O=C(Nc1nc2cc(Cl)c(F)cc2[nH]1)C1CCCN1c1cnccn1. The normalized spacial score (nSPS) is 17.2. The van der Waals surface area contributed by atoms with Gasteiger partial charge in [0.2, 0.25) is 11.9 Å². The molecule has 3 heterocycles. The smallest absolute Gasteiger partial charge is 0.249 e. The zero-order chi connectivity index (χ0) is 17.4. The summed E-state index contributed by atoms with van der Waals surface area (Å²) in [4.78, 5) is 30.0. The van der Waals surface area contributed by atoms with Gasteiger partial charge in [-0.15, -0.1) is 0 Å². The Morgan fingerprint density at radius 2 is 2.28 bits per heavy atom. The van der Waals surface area contributed by atoms with Crippen LogP contribution in [-0.2, 0) is 4.79 Å². The van der Waals surface area contributed by atoms with Crippen molar-refractivity contribution in [2.75, 3.05) is 16.8 Å². The number of aromatic nitrogens is 4.